The quantitative estimate of drug-likeness (QED) is 0.879. The Kier molecular flexibility index (Phi) is 3.37. The van der Waals surface area contributed by atoms with Gasteiger partial charge in [0.15, 0.2) is 5.82 Å². The fourth-order valence-corrected chi connectivity index (χ4v) is 2.52. The molecule has 0 saturated carbocycles. The molecule has 1 fully saturated rings. The van der Waals surface area contributed by atoms with E-state index in [4.69, 9.17) is 0 Å². The predicted octanol–water partition coefficient (Wildman–Crippen LogP) is 2.47. The molecule has 1 unspecified atom stereocenters. The average Bonchev–Trinajstić information content (AvgIpc) is 2.75. The van der Waals surface area contributed by atoms with Crippen LogP contribution in [0.4, 0.5) is 0 Å². The topological polar surface area (TPSA) is 42.7 Å². The van der Waals surface area contributed by atoms with Gasteiger partial charge < -0.3 is 5.32 Å². The average molecular weight is 242 g/mol. The molecular formula is C14H18N4. The molecule has 2 aromatic rings. The van der Waals surface area contributed by atoms with Crippen LogP contribution in [0.25, 0.3) is 5.69 Å². The summed E-state index contributed by atoms with van der Waals surface area (Å²) in [5.74, 6) is 1.03. The van der Waals surface area contributed by atoms with Gasteiger partial charge in [0.1, 0.15) is 6.33 Å². The van der Waals surface area contributed by atoms with Crippen molar-refractivity contribution in [2.24, 2.45) is 0 Å². The summed E-state index contributed by atoms with van der Waals surface area (Å²) in [7, 11) is 0. The van der Waals surface area contributed by atoms with Gasteiger partial charge in [0.25, 0.3) is 0 Å². The van der Waals surface area contributed by atoms with Crippen molar-refractivity contribution in [1.82, 2.24) is 20.1 Å². The Morgan fingerprint density at radius 1 is 1.11 bits per heavy atom. The van der Waals surface area contributed by atoms with Crippen molar-refractivity contribution in [2.75, 3.05) is 6.54 Å². The summed E-state index contributed by atoms with van der Waals surface area (Å²) in [5, 5.41) is 12.0. The molecule has 1 saturated heterocycles. The van der Waals surface area contributed by atoms with E-state index >= 15 is 0 Å². The molecule has 3 rings (SSSR count). The first kappa shape index (κ1) is 11.4. The van der Waals surface area contributed by atoms with Crippen LogP contribution in [0.15, 0.2) is 36.7 Å². The third-order valence-corrected chi connectivity index (χ3v) is 3.48. The maximum absolute atomic E-state index is 4.31. The summed E-state index contributed by atoms with van der Waals surface area (Å²) in [6, 6.07) is 10.6. The van der Waals surface area contributed by atoms with Gasteiger partial charge in [-0.1, -0.05) is 31.0 Å². The number of nitrogens with one attached hydrogen (secondary N) is 1. The molecule has 94 valence electrons. The maximum Gasteiger partial charge on any atom is 0.154 e. The molecule has 1 atom stereocenters. The van der Waals surface area contributed by atoms with Gasteiger partial charge in [-0.05, 0) is 31.5 Å². The highest BCUT2D eigenvalue weighted by Gasteiger charge is 2.19. The van der Waals surface area contributed by atoms with Crippen LogP contribution in [0.5, 0.6) is 0 Å². The maximum atomic E-state index is 4.31. The highest BCUT2D eigenvalue weighted by atomic mass is 15.3. The summed E-state index contributed by atoms with van der Waals surface area (Å²) in [4.78, 5) is 0. The standard InChI is InChI=1S/C14H18N4/c1-3-7-12(8-4-1)18-11-16-17-14(18)13-9-5-2-6-10-15-13/h1,3-4,7-8,11,13,15H,2,5-6,9-10H2. The van der Waals surface area contributed by atoms with Gasteiger partial charge in [-0.15, -0.1) is 10.2 Å². The van der Waals surface area contributed by atoms with E-state index in [2.05, 4.69) is 32.2 Å². The predicted molar refractivity (Wildman–Crippen MR) is 70.6 cm³/mol. The van der Waals surface area contributed by atoms with Gasteiger partial charge in [0.05, 0.1) is 6.04 Å². The molecule has 0 amide bonds. The van der Waals surface area contributed by atoms with Crippen LogP contribution in [0, 0.1) is 0 Å². The second kappa shape index (κ2) is 5.31. The Morgan fingerprint density at radius 2 is 2.00 bits per heavy atom. The minimum Gasteiger partial charge on any atom is -0.307 e. The Balaban J connectivity index is 1.91. The number of aromatic nitrogens is 3. The number of hydrogen-bond donors (Lipinski definition) is 1. The first-order valence-corrected chi connectivity index (χ1v) is 6.64. The fraction of sp³-hybridized carbons (Fsp3) is 0.429. The van der Waals surface area contributed by atoms with Crippen LogP contribution in [0.2, 0.25) is 0 Å². The van der Waals surface area contributed by atoms with Crippen LogP contribution in [0.3, 0.4) is 0 Å². The van der Waals surface area contributed by atoms with Crippen molar-refractivity contribution in [2.45, 2.75) is 31.7 Å². The van der Waals surface area contributed by atoms with E-state index in [-0.39, 0.29) is 0 Å². The van der Waals surface area contributed by atoms with E-state index < -0.39 is 0 Å². The molecule has 2 heterocycles. The zero-order valence-corrected chi connectivity index (χ0v) is 10.4. The monoisotopic (exact) mass is 242 g/mol. The second-order valence-corrected chi connectivity index (χ2v) is 4.75. The fourth-order valence-electron chi connectivity index (χ4n) is 2.52. The molecule has 1 aliphatic heterocycles. The van der Waals surface area contributed by atoms with Gasteiger partial charge in [-0.3, -0.25) is 4.57 Å². The highest BCUT2D eigenvalue weighted by Crippen LogP contribution is 2.22. The van der Waals surface area contributed by atoms with E-state index in [1.807, 2.05) is 18.2 Å². The van der Waals surface area contributed by atoms with E-state index in [0.29, 0.717) is 6.04 Å². The first-order chi connectivity index (χ1) is 8.95. The highest BCUT2D eigenvalue weighted by molar-refractivity contribution is 5.32. The lowest BCUT2D eigenvalue weighted by Crippen LogP contribution is -2.23. The molecule has 1 aliphatic rings. The third-order valence-electron chi connectivity index (χ3n) is 3.48. The third kappa shape index (κ3) is 2.29. The first-order valence-electron chi connectivity index (χ1n) is 6.64. The van der Waals surface area contributed by atoms with Crippen LogP contribution < -0.4 is 5.32 Å². The van der Waals surface area contributed by atoms with Crippen LogP contribution >= 0.6 is 0 Å². The Morgan fingerprint density at radius 3 is 2.89 bits per heavy atom. The number of nitrogens with zero attached hydrogens (tertiary/aromatic N) is 3. The Hall–Kier alpha value is -1.68. The van der Waals surface area contributed by atoms with Crippen molar-refractivity contribution >= 4 is 0 Å². The summed E-state index contributed by atoms with van der Waals surface area (Å²) < 4.78 is 2.09. The van der Waals surface area contributed by atoms with Crippen molar-refractivity contribution in [1.29, 1.82) is 0 Å². The number of benzene rings is 1. The molecule has 4 nitrogen and oxygen atoms in total. The van der Waals surface area contributed by atoms with Gasteiger partial charge in [0, 0.05) is 5.69 Å². The number of rotatable bonds is 2. The van der Waals surface area contributed by atoms with Gasteiger partial charge in [-0.2, -0.15) is 0 Å². The molecule has 0 bridgehead atoms. The summed E-state index contributed by atoms with van der Waals surface area (Å²) in [6.07, 6.45) is 6.78. The minimum absolute atomic E-state index is 0.329. The summed E-state index contributed by atoms with van der Waals surface area (Å²) in [6.45, 7) is 1.08. The van der Waals surface area contributed by atoms with E-state index in [1.165, 1.54) is 19.3 Å². The molecule has 4 heteroatoms. The molecular weight excluding hydrogens is 224 g/mol. The molecule has 1 aromatic carbocycles. The normalized spacial score (nSPS) is 20.6. The van der Waals surface area contributed by atoms with Crippen molar-refractivity contribution in [3.05, 3.63) is 42.5 Å². The van der Waals surface area contributed by atoms with Gasteiger partial charge in [0.2, 0.25) is 0 Å². The SMILES string of the molecule is c1ccc(-n2cnnc2C2CCCCCN2)cc1. The minimum atomic E-state index is 0.329. The van der Waals surface area contributed by atoms with Crippen LogP contribution in [-0.4, -0.2) is 21.3 Å². The van der Waals surface area contributed by atoms with E-state index in [9.17, 15) is 0 Å². The van der Waals surface area contributed by atoms with Crippen LogP contribution in [-0.2, 0) is 0 Å². The lowest BCUT2D eigenvalue weighted by Gasteiger charge is -2.16. The van der Waals surface area contributed by atoms with E-state index in [0.717, 1.165) is 24.5 Å². The van der Waals surface area contributed by atoms with Crippen molar-refractivity contribution < 1.29 is 0 Å². The smallest absolute Gasteiger partial charge is 0.154 e. The molecule has 0 radical (unpaired) electrons. The number of hydrogen-bond acceptors (Lipinski definition) is 3. The van der Waals surface area contributed by atoms with Gasteiger partial charge in [-0.25, -0.2) is 0 Å². The van der Waals surface area contributed by atoms with E-state index in [1.54, 1.807) is 6.33 Å². The van der Waals surface area contributed by atoms with Crippen molar-refractivity contribution in [3.8, 4) is 5.69 Å². The molecule has 18 heavy (non-hydrogen) atoms. The Labute approximate surface area is 107 Å². The second-order valence-electron chi connectivity index (χ2n) is 4.75. The molecule has 0 spiro atoms. The van der Waals surface area contributed by atoms with Crippen LogP contribution in [0.1, 0.15) is 37.5 Å². The summed E-state index contributed by atoms with van der Waals surface area (Å²) >= 11 is 0. The van der Waals surface area contributed by atoms with Crippen molar-refractivity contribution in [3.63, 3.8) is 0 Å². The number of para-hydroxylation sites is 1. The molecule has 1 aromatic heterocycles. The Bertz CT molecular complexity index is 484. The zero-order chi connectivity index (χ0) is 12.2. The summed E-state index contributed by atoms with van der Waals surface area (Å²) in [5.41, 5.74) is 1.13. The lowest BCUT2D eigenvalue weighted by atomic mass is 10.1. The molecule has 1 N–H and O–H groups in total. The zero-order valence-electron chi connectivity index (χ0n) is 10.4. The lowest BCUT2D eigenvalue weighted by molar-refractivity contribution is 0.500. The van der Waals surface area contributed by atoms with Gasteiger partial charge >= 0.3 is 0 Å². The largest absolute Gasteiger partial charge is 0.307 e. The molecule has 0 aliphatic carbocycles.